The van der Waals surface area contributed by atoms with E-state index in [1.54, 1.807) is 0 Å². The number of carboxylic acid groups (broad SMARTS) is 3. The zero-order valence-corrected chi connectivity index (χ0v) is 21.0. The molecular weight excluding hydrogens is 536 g/mol. The van der Waals surface area contributed by atoms with Crippen molar-refractivity contribution in [3.05, 3.63) is 41.6 Å². The van der Waals surface area contributed by atoms with Gasteiger partial charge in [0.2, 0.25) is 6.29 Å². The minimum absolute atomic E-state index is 0.0357. The number of benzene rings is 1. The first-order chi connectivity index (χ1) is 18.9. The fourth-order valence-corrected chi connectivity index (χ4v) is 4.66. The van der Waals surface area contributed by atoms with Crippen molar-refractivity contribution in [1.82, 2.24) is 0 Å². The lowest BCUT2D eigenvalue weighted by Gasteiger charge is -2.40. The van der Waals surface area contributed by atoms with Crippen molar-refractivity contribution in [1.29, 1.82) is 0 Å². The number of ether oxygens (including phenoxy) is 3. The number of anilines is 1. The number of rotatable bonds is 9. The van der Waals surface area contributed by atoms with Gasteiger partial charge in [-0.05, 0) is 29.4 Å². The average molecular weight is 565 g/mol. The van der Waals surface area contributed by atoms with Crippen LogP contribution in [0.4, 0.5) is 5.69 Å². The van der Waals surface area contributed by atoms with E-state index in [-0.39, 0.29) is 36.5 Å². The molecule has 0 spiro atoms. The molecule has 1 aromatic rings. The molecule has 0 saturated carbocycles. The maximum absolute atomic E-state index is 12.0. The molecule has 0 bridgehead atoms. The molecule has 0 aromatic heterocycles. The largest absolute Gasteiger partial charge is 0.504 e. The van der Waals surface area contributed by atoms with Crippen LogP contribution in [0.1, 0.15) is 12.0 Å². The number of aliphatic hydroxyl groups is 3. The predicted molar refractivity (Wildman–Crippen MR) is 133 cm³/mol. The van der Waals surface area contributed by atoms with Crippen molar-refractivity contribution in [2.45, 2.75) is 55.6 Å². The Labute approximate surface area is 226 Å². The minimum atomic E-state index is -1.68. The number of phenols is 1. The summed E-state index contributed by atoms with van der Waals surface area (Å²) in [6.45, 7) is -0.119. The zero-order valence-electron chi connectivity index (χ0n) is 21.0. The first-order valence-corrected chi connectivity index (χ1v) is 12.1. The Morgan fingerprint density at radius 1 is 1.07 bits per heavy atom. The van der Waals surface area contributed by atoms with E-state index in [4.69, 9.17) is 14.2 Å². The van der Waals surface area contributed by atoms with Gasteiger partial charge in [-0.15, -0.1) is 0 Å². The number of aromatic hydroxyl groups is 1. The highest BCUT2D eigenvalue weighted by Crippen LogP contribution is 2.42. The molecule has 7 atom stereocenters. The molecule has 0 aliphatic carbocycles. The first kappa shape index (κ1) is 29.0. The quantitative estimate of drug-likeness (QED) is 0.188. The topological polar surface area (TPSA) is 236 Å². The lowest BCUT2D eigenvalue weighted by molar-refractivity contribution is -0.278. The number of phenolic OH excluding ortho intramolecular Hbond substituents is 1. The number of aliphatic hydroxyl groups excluding tert-OH is 3. The lowest BCUT2D eigenvalue weighted by atomic mass is 9.99. The molecule has 1 aromatic carbocycles. The van der Waals surface area contributed by atoms with Gasteiger partial charge < -0.3 is 54.9 Å². The summed E-state index contributed by atoms with van der Waals surface area (Å²) in [5.74, 6) is -4.56. The molecule has 216 valence electrons. The van der Waals surface area contributed by atoms with Crippen LogP contribution in [0, 0.1) is 0 Å². The summed E-state index contributed by atoms with van der Waals surface area (Å²) < 4.78 is 16.1. The van der Waals surface area contributed by atoms with Gasteiger partial charge in [0.15, 0.2) is 17.5 Å². The molecule has 1 fully saturated rings. The summed E-state index contributed by atoms with van der Waals surface area (Å²) in [6, 6.07) is 0.126. The minimum Gasteiger partial charge on any atom is -0.504 e. The van der Waals surface area contributed by atoms with E-state index in [9.17, 15) is 50.1 Å². The maximum atomic E-state index is 12.0. The van der Waals surface area contributed by atoms with Crippen LogP contribution in [0.25, 0.3) is 0 Å². The lowest BCUT2D eigenvalue weighted by Crippen LogP contribution is -2.60. The molecular formula is C25H28N2O13. The number of hydrogen-bond donors (Lipinski definition) is 7. The third-order valence-corrected chi connectivity index (χ3v) is 6.71. The van der Waals surface area contributed by atoms with Gasteiger partial charge in [-0.3, -0.25) is 4.99 Å². The molecule has 0 radical (unpaired) electrons. The van der Waals surface area contributed by atoms with Crippen LogP contribution in [0.3, 0.4) is 0 Å². The summed E-state index contributed by atoms with van der Waals surface area (Å²) in [5.41, 5.74) is 0.547. The summed E-state index contributed by atoms with van der Waals surface area (Å²) in [5, 5.41) is 69.6. The maximum Gasteiger partial charge on any atom is 0.354 e. The Morgan fingerprint density at radius 3 is 2.42 bits per heavy atom. The van der Waals surface area contributed by atoms with Crippen molar-refractivity contribution in [2.24, 2.45) is 4.99 Å². The van der Waals surface area contributed by atoms with Gasteiger partial charge in [-0.1, -0.05) is 0 Å². The molecule has 1 saturated heterocycles. The molecule has 4 rings (SSSR count). The van der Waals surface area contributed by atoms with Gasteiger partial charge in [0.1, 0.15) is 36.2 Å². The molecule has 3 aliphatic rings. The molecule has 3 aliphatic heterocycles. The number of hydrogen-bond acceptors (Lipinski definition) is 12. The number of dihydropyridines is 1. The third kappa shape index (κ3) is 5.78. The number of fused-ring (bicyclic) bond motifs is 1. The van der Waals surface area contributed by atoms with E-state index in [0.717, 1.165) is 0 Å². The van der Waals surface area contributed by atoms with E-state index in [1.165, 1.54) is 42.5 Å². The van der Waals surface area contributed by atoms with Gasteiger partial charge in [0.05, 0.1) is 6.61 Å². The van der Waals surface area contributed by atoms with Gasteiger partial charge >= 0.3 is 17.9 Å². The summed E-state index contributed by atoms with van der Waals surface area (Å²) >= 11 is 0. The second kappa shape index (κ2) is 11.6. The SMILES string of the molecule is COC[C@H]1O[C@@H](Oc2cc3c(cc2O)N(/C=C/C2=CC(C(=O)O)=N[C@H](C(=O)O)C2)[C@H](C(=O)O)C3)[C@H](O)[C@@H](O)[C@@H]1O. The van der Waals surface area contributed by atoms with E-state index < -0.39 is 72.2 Å². The van der Waals surface area contributed by atoms with Crippen molar-refractivity contribution in [3.63, 3.8) is 0 Å². The van der Waals surface area contributed by atoms with Crippen LogP contribution < -0.4 is 9.64 Å². The number of nitrogens with zero attached hydrogens (tertiary/aromatic N) is 2. The Hall–Kier alpha value is -4.02. The van der Waals surface area contributed by atoms with Crippen molar-refractivity contribution in [3.8, 4) is 11.5 Å². The van der Waals surface area contributed by atoms with Gasteiger partial charge in [0, 0.05) is 37.9 Å². The van der Waals surface area contributed by atoms with Crippen LogP contribution in [-0.2, 0) is 30.3 Å². The summed E-state index contributed by atoms with van der Waals surface area (Å²) in [4.78, 5) is 39.8. The zero-order chi connectivity index (χ0) is 29.3. The number of aliphatic imine (C=N–C) groups is 1. The third-order valence-electron chi connectivity index (χ3n) is 6.71. The van der Waals surface area contributed by atoms with Crippen molar-refractivity contribution in [2.75, 3.05) is 18.6 Å². The number of aliphatic carboxylic acids is 3. The summed E-state index contributed by atoms with van der Waals surface area (Å²) in [7, 11) is 1.35. The second-order valence-corrected chi connectivity index (χ2v) is 9.41. The highest BCUT2D eigenvalue weighted by Gasteiger charge is 2.45. The molecule has 15 heteroatoms. The van der Waals surface area contributed by atoms with Gasteiger partial charge in [-0.2, -0.15) is 0 Å². The smallest absolute Gasteiger partial charge is 0.354 e. The Bertz CT molecular complexity index is 1280. The molecule has 0 unspecified atom stereocenters. The van der Waals surface area contributed by atoms with E-state index in [0.29, 0.717) is 5.56 Å². The normalized spacial score (nSPS) is 30.0. The second-order valence-electron chi connectivity index (χ2n) is 9.41. The van der Waals surface area contributed by atoms with Crippen LogP contribution in [0.5, 0.6) is 11.5 Å². The fraction of sp³-hybridized carbons (Fsp3) is 0.440. The Morgan fingerprint density at radius 2 is 1.80 bits per heavy atom. The number of methoxy groups -OCH3 is 1. The van der Waals surface area contributed by atoms with Crippen LogP contribution >= 0.6 is 0 Å². The molecule has 40 heavy (non-hydrogen) atoms. The molecule has 0 amide bonds. The predicted octanol–water partition coefficient (Wildman–Crippen LogP) is -1.14. The summed E-state index contributed by atoms with van der Waals surface area (Å²) in [6.07, 6.45) is -3.53. The van der Waals surface area contributed by atoms with Crippen LogP contribution in [-0.4, -0.2) is 116 Å². The van der Waals surface area contributed by atoms with Gasteiger partial charge in [0.25, 0.3) is 0 Å². The van der Waals surface area contributed by atoms with Crippen molar-refractivity contribution >= 4 is 29.3 Å². The number of carbonyl (C=O) groups is 3. The average Bonchev–Trinajstić information content (AvgIpc) is 3.26. The first-order valence-electron chi connectivity index (χ1n) is 12.1. The monoisotopic (exact) mass is 564 g/mol. The Kier molecular flexibility index (Phi) is 8.41. The van der Waals surface area contributed by atoms with E-state index in [1.807, 2.05) is 0 Å². The van der Waals surface area contributed by atoms with E-state index >= 15 is 0 Å². The van der Waals surface area contributed by atoms with Gasteiger partial charge in [-0.25, -0.2) is 14.4 Å². The molecule has 3 heterocycles. The standard InChI is InChI=1S/C25H28N2O13/c1-38-9-18-19(29)20(30)21(31)25(40-18)39-17-7-11-6-15(24(36)37)27(14(11)8-16(17)28)3-2-10-4-12(22(32)33)26-13(5-10)23(34)35/h2-4,7-8,13,15,18-21,25,28-31H,5-6,9H2,1H3,(H,32,33)(H,34,35)(H,36,37)/b3-2+/t13-,15-,18+,19+,20-,21+,25+/m0/s1. The molecule has 15 nitrogen and oxygen atoms in total. The van der Waals surface area contributed by atoms with Crippen LogP contribution in [0.15, 0.2) is 41.1 Å². The highest BCUT2D eigenvalue weighted by molar-refractivity contribution is 6.41. The van der Waals surface area contributed by atoms with Crippen molar-refractivity contribution < 1.29 is 64.3 Å². The van der Waals surface area contributed by atoms with E-state index in [2.05, 4.69) is 4.99 Å². The molecule has 7 N–H and O–H groups in total. The number of allylic oxidation sites excluding steroid dienone is 1. The van der Waals surface area contributed by atoms with Crippen LogP contribution in [0.2, 0.25) is 0 Å². The highest BCUT2D eigenvalue weighted by atomic mass is 16.7. The number of carboxylic acids is 3. The fourth-order valence-electron chi connectivity index (χ4n) is 4.66. The Balaban J connectivity index is 1.60.